The van der Waals surface area contributed by atoms with Gasteiger partial charge in [0.2, 0.25) is 0 Å². The second-order valence-electron chi connectivity index (χ2n) is 2.86. The van der Waals surface area contributed by atoms with Crippen molar-refractivity contribution in [1.82, 2.24) is 0 Å². The van der Waals surface area contributed by atoms with E-state index in [-0.39, 0.29) is 37.2 Å². The molecule has 0 rings (SSSR count). The van der Waals surface area contributed by atoms with E-state index in [0.29, 0.717) is 13.2 Å². The second-order valence-corrected chi connectivity index (χ2v) is 2.86. The van der Waals surface area contributed by atoms with Crippen LogP contribution >= 0.6 is 37.2 Å². The molecule has 0 fully saturated rings. The Morgan fingerprint density at radius 3 is 1.00 bits per heavy atom. The molecule has 2 N–H and O–H groups in total. The van der Waals surface area contributed by atoms with Crippen LogP contribution in [0.2, 0.25) is 0 Å². The zero-order valence-corrected chi connectivity index (χ0v) is 14.5. The van der Waals surface area contributed by atoms with Crippen molar-refractivity contribution in [3.63, 3.8) is 0 Å². The Hall–Kier alpha value is 1.17. The maximum atomic E-state index is 8.20. The van der Waals surface area contributed by atoms with Crippen LogP contribution in [0.25, 0.3) is 0 Å². The number of aliphatic hydroxyl groups is 2. The molecular weight excluding hydrogens is 325 g/mol. The minimum atomic E-state index is 0. The molecular formula is C10H27Cl3O3V. The summed E-state index contributed by atoms with van der Waals surface area (Å²) in [5.41, 5.74) is 0. The molecule has 0 amide bonds. The Labute approximate surface area is 134 Å². The molecule has 111 valence electrons. The molecule has 0 saturated carbocycles. The van der Waals surface area contributed by atoms with E-state index >= 15 is 0 Å². The molecule has 0 heterocycles. The van der Waals surface area contributed by atoms with Crippen LogP contribution in [0.4, 0.5) is 0 Å². The summed E-state index contributed by atoms with van der Waals surface area (Å²) in [5.74, 6) is 0. The van der Waals surface area contributed by atoms with Gasteiger partial charge in [-0.25, -0.2) is 0 Å². The van der Waals surface area contributed by atoms with Crippen molar-refractivity contribution in [2.24, 2.45) is 0 Å². The van der Waals surface area contributed by atoms with Gasteiger partial charge in [-0.2, -0.15) is 0 Å². The van der Waals surface area contributed by atoms with Crippen LogP contribution in [-0.2, 0) is 21.0 Å². The van der Waals surface area contributed by atoms with Crippen LogP contribution in [0.15, 0.2) is 0 Å². The second kappa shape index (κ2) is 53.4. The van der Waals surface area contributed by atoms with E-state index in [1.807, 2.05) is 0 Å². The first-order valence-electron chi connectivity index (χ1n) is 5.23. The summed E-state index contributed by atoms with van der Waals surface area (Å²) >= 11 is 1.06. The summed E-state index contributed by atoms with van der Waals surface area (Å²) in [6.45, 7) is 4.95. The quantitative estimate of drug-likeness (QED) is 0.720. The third-order valence-corrected chi connectivity index (χ3v) is 1.52. The molecule has 0 bridgehead atoms. The monoisotopic (exact) mass is 351 g/mol. The van der Waals surface area contributed by atoms with Crippen molar-refractivity contribution in [3.05, 3.63) is 0 Å². The molecule has 0 aliphatic rings. The standard InChI is InChI=1S/2C5H12O.3ClH.O.V/c2*1-2-3-4-5-6;;;;;/h2*6H,2-5H2,1H3;3*1H;;. The topological polar surface area (TPSA) is 57.5 Å². The minimum absolute atomic E-state index is 0. The van der Waals surface area contributed by atoms with Gasteiger partial charge in [-0.15, -0.1) is 37.2 Å². The van der Waals surface area contributed by atoms with Crippen LogP contribution in [0, 0.1) is 0 Å². The van der Waals surface area contributed by atoms with Crippen LogP contribution in [0.3, 0.4) is 0 Å². The molecule has 3 nitrogen and oxygen atoms in total. The number of rotatable bonds is 6. The van der Waals surface area contributed by atoms with Gasteiger partial charge in [0.25, 0.3) is 0 Å². The average Bonchev–Trinajstić information content (AvgIpc) is 2.27. The Kier molecular flexibility index (Phi) is 114. The molecule has 0 aromatic rings. The van der Waals surface area contributed by atoms with Gasteiger partial charge in [-0.1, -0.05) is 39.5 Å². The summed E-state index contributed by atoms with van der Waals surface area (Å²) < 4.78 is 8.19. The van der Waals surface area contributed by atoms with Crippen molar-refractivity contribution in [2.75, 3.05) is 13.2 Å². The molecule has 0 aromatic carbocycles. The van der Waals surface area contributed by atoms with Crippen LogP contribution in [0.1, 0.15) is 52.4 Å². The van der Waals surface area contributed by atoms with Crippen molar-refractivity contribution >= 4 is 37.2 Å². The number of hydrogen-bond acceptors (Lipinski definition) is 3. The van der Waals surface area contributed by atoms with Gasteiger partial charge in [0.15, 0.2) is 0 Å². The third kappa shape index (κ3) is 76.8. The van der Waals surface area contributed by atoms with Crippen molar-refractivity contribution in [3.8, 4) is 0 Å². The molecule has 0 saturated heterocycles. The van der Waals surface area contributed by atoms with Gasteiger partial charge in [-0.3, -0.25) is 0 Å². The predicted octanol–water partition coefficient (Wildman–Crippen LogP) is 3.48. The van der Waals surface area contributed by atoms with E-state index in [1.54, 1.807) is 0 Å². The summed E-state index contributed by atoms with van der Waals surface area (Å²) in [5, 5.41) is 16.4. The molecule has 0 unspecified atom stereocenters. The molecule has 0 spiro atoms. The van der Waals surface area contributed by atoms with E-state index in [9.17, 15) is 0 Å². The number of unbranched alkanes of at least 4 members (excludes halogenated alkanes) is 4. The van der Waals surface area contributed by atoms with Crippen LogP contribution in [0.5, 0.6) is 0 Å². The first kappa shape index (κ1) is 36.2. The first-order valence-corrected chi connectivity index (χ1v) is 5.80. The summed E-state index contributed by atoms with van der Waals surface area (Å²) in [6, 6.07) is 0. The Morgan fingerprint density at radius 2 is 0.941 bits per heavy atom. The van der Waals surface area contributed by atoms with E-state index < -0.39 is 0 Å². The molecule has 0 aliphatic heterocycles. The Bertz CT molecular complexity index is 67.8. The third-order valence-electron chi connectivity index (χ3n) is 1.52. The molecule has 7 heteroatoms. The van der Waals surface area contributed by atoms with Crippen molar-refractivity contribution in [2.45, 2.75) is 52.4 Å². The number of aliphatic hydroxyl groups excluding tert-OH is 2. The van der Waals surface area contributed by atoms with Gasteiger partial charge in [0.05, 0.1) is 0 Å². The van der Waals surface area contributed by atoms with Crippen molar-refractivity contribution < 1.29 is 31.3 Å². The van der Waals surface area contributed by atoms with Gasteiger partial charge in [0, 0.05) is 13.2 Å². The van der Waals surface area contributed by atoms with Gasteiger partial charge >= 0.3 is 21.0 Å². The molecule has 17 heavy (non-hydrogen) atoms. The SMILES string of the molecule is CCCCCO.CCCCCO.Cl.Cl.Cl.[O]=[V]. The fraction of sp³-hybridized carbons (Fsp3) is 1.00. The maximum absolute atomic E-state index is 8.20. The summed E-state index contributed by atoms with van der Waals surface area (Å²) in [7, 11) is 0. The molecule has 0 aliphatic carbocycles. The van der Waals surface area contributed by atoms with E-state index in [2.05, 4.69) is 13.8 Å². The summed E-state index contributed by atoms with van der Waals surface area (Å²) in [4.78, 5) is 0. The van der Waals surface area contributed by atoms with Crippen molar-refractivity contribution in [1.29, 1.82) is 0 Å². The van der Waals surface area contributed by atoms with Crippen LogP contribution < -0.4 is 0 Å². The molecule has 0 aromatic heterocycles. The zero-order valence-electron chi connectivity index (χ0n) is 10.6. The van der Waals surface area contributed by atoms with E-state index in [1.165, 1.54) is 12.8 Å². The fourth-order valence-corrected chi connectivity index (χ4v) is 0.724. The zero-order chi connectivity index (χ0) is 11.7. The van der Waals surface area contributed by atoms with E-state index in [0.717, 1.165) is 43.1 Å². The number of hydrogen-bond donors (Lipinski definition) is 2. The number of halogens is 3. The first-order chi connectivity index (χ1) is 6.83. The van der Waals surface area contributed by atoms with Gasteiger partial charge < -0.3 is 10.2 Å². The van der Waals surface area contributed by atoms with Gasteiger partial charge in [-0.05, 0) is 12.8 Å². The Balaban J connectivity index is -0.0000000268. The normalized spacial score (nSPS) is 6.53. The summed E-state index contributed by atoms with van der Waals surface area (Å²) in [6.07, 6.45) is 6.65. The van der Waals surface area contributed by atoms with E-state index in [4.69, 9.17) is 13.9 Å². The Morgan fingerprint density at radius 1 is 0.706 bits per heavy atom. The van der Waals surface area contributed by atoms with Gasteiger partial charge in [0.1, 0.15) is 0 Å². The fourth-order valence-electron chi connectivity index (χ4n) is 0.724. The molecule has 0 radical (unpaired) electrons. The van der Waals surface area contributed by atoms with Crippen LogP contribution in [-0.4, -0.2) is 23.4 Å². The average molecular weight is 353 g/mol. The predicted molar refractivity (Wildman–Crippen MR) is 75.7 cm³/mol. The molecule has 0 atom stereocenters.